The Kier molecular flexibility index (Phi) is 4.46. The highest BCUT2D eigenvalue weighted by Gasteiger charge is 2.35. The molecular weight excluding hydrogens is 337 g/mol. The molecule has 2 aromatic rings. The third kappa shape index (κ3) is 2.89. The lowest BCUT2D eigenvalue weighted by molar-refractivity contribution is 0.107. The van der Waals surface area contributed by atoms with Gasteiger partial charge < -0.3 is 19.3 Å². The lowest BCUT2D eigenvalue weighted by Gasteiger charge is -2.37. The number of fused-ring (bicyclic) bond motifs is 2. The molecule has 6 heteroatoms. The highest BCUT2D eigenvalue weighted by atomic mass is 19.1. The molecule has 4 rings (SSSR count). The summed E-state index contributed by atoms with van der Waals surface area (Å²) in [5.41, 5.74) is 2.89. The molecule has 2 heterocycles. The van der Waals surface area contributed by atoms with E-state index in [-0.39, 0.29) is 18.7 Å². The molecule has 5 nitrogen and oxygen atoms in total. The van der Waals surface area contributed by atoms with Crippen molar-refractivity contribution in [1.29, 1.82) is 0 Å². The van der Waals surface area contributed by atoms with Gasteiger partial charge in [-0.2, -0.15) is 0 Å². The fourth-order valence-corrected chi connectivity index (χ4v) is 3.86. The van der Waals surface area contributed by atoms with E-state index >= 15 is 0 Å². The first-order valence-electron chi connectivity index (χ1n) is 8.71. The molecule has 2 aliphatic heterocycles. The number of hydrogen-bond acceptors (Lipinski definition) is 5. The second-order valence-electron chi connectivity index (χ2n) is 6.77. The topological polar surface area (TPSA) is 51.2 Å². The molecule has 0 aliphatic carbocycles. The van der Waals surface area contributed by atoms with Crippen LogP contribution in [0.1, 0.15) is 35.3 Å². The minimum Gasteiger partial charge on any atom is -0.492 e. The van der Waals surface area contributed by atoms with Gasteiger partial charge in [-0.15, -0.1) is 0 Å². The van der Waals surface area contributed by atoms with Gasteiger partial charge in [0.1, 0.15) is 5.82 Å². The maximum absolute atomic E-state index is 13.2. The predicted octanol–water partition coefficient (Wildman–Crippen LogP) is 3.22. The van der Waals surface area contributed by atoms with E-state index in [2.05, 4.69) is 4.90 Å². The van der Waals surface area contributed by atoms with Crippen LogP contribution >= 0.6 is 0 Å². The van der Waals surface area contributed by atoms with E-state index < -0.39 is 6.10 Å². The quantitative estimate of drug-likeness (QED) is 0.908. The molecule has 2 aromatic carbocycles. The molecule has 0 spiro atoms. The zero-order chi connectivity index (χ0) is 18.3. The van der Waals surface area contributed by atoms with Gasteiger partial charge in [-0.05, 0) is 49.2 Å². The molecule has 0 radical (unpaired) electrons. The van der Waals surface area contributed by atoms with E-state index in [9.17, 15) is 9.50 Å². The summed E-state index contributed by atoms with van der Waals surface area (Å²) in [5.74, 6) is 1.71. The molecule has 0 bridgehead atoms. The van der Waals surface area contributed by atoms with E-state index in [0.717, 1.165) is 24.1 Å². The Morgan fingerprint density at radius 1 is 1.31 bits per heavy atom. The van der Waals surface area contributed by atoms with Gasteiger partial charge in [-0.1, -0.05) is 12.1 Å². The number of nitrogens with zero attached hydrogens (tertiary/aromatic N) is 1. The van der Waals surface area contributed by atoms with Crippen LogP contribution in [0, 0.1) is 5.82 Å². The molecule has 0 saturated heterocycles. The number of rotatable bonds is 4. The Labute approximate surface area is 151 Å². The van der Waals surface area contributed by atoms with Crippen LogP contribution in [0.2, 0.25) is 0 Å². The zero-order valence-electron chi connectivity index (χ0n) is 14.9. The summed E-state index contributed by atoms with van der Waals surface area (Å²) in [6.07, 6.45) is 0.650. The van der Waals surface area contributed by atoms with E-state index in [0.29, 0.717) is 29.2 Å². The number of hydrogen-bond donors (Lipinski definition) is 1. The SMILES string of the molecule is COc1c2c(cc3c1[C@@H](C[C@H](O)c1ccc(F)cc1)N(C)CC3)OCO2. The van der Waals surface area contributed by atoms with Crippen molar-refractivity contribution in [1.82, 2.24) is 4.90 Å². The maximum Gasteiger partial charge on any atom is 0.231 e. The molecule has 0 aromatic heterocycles. The van der Waals surface area contributed by atoms with Crippen LogP contribution in [0.4, 0.5) is 4.39 Å². The Morgan fingerprint density at radius 2 is 2.08 bits per heavy atom. The van der Waals surface area contributed by atoms with Crippen molar-refractivity contribution in [3.05, 3.63) is 52.8 Å². The van der Waals surface area contributed by atoms with Crippen LogP contribution in [0.3, 0.4) is 0 Å². The van der Waals surface area contributed by atoms with Gasteiger partial charge >= 0.3 is 0 Å². The van der Waals surface area contributed by atoms with Crippen LogP contribution in [0.5, 0.6) is 17.2 Å². The van der Waals surface area contributed by atoms with E-state index in [1.807, 2.05) is 13.1 Å². The van der Waals surface area contributed by atoms with Crippen molar-refractivity contribution < 1.29 is 23.7 Å². The third-order valence-electron chi connectivity index (χ3n) is 5.25. The van der Waals surface area contributed by atoms with Gasteiger partial charge in [-0.3, -0.25) is 4.90 Å². The minimum absolute atomic E-state index is 0.0387. The van der Waals surface area contributed by atoms with Gasteiger partial charge in [0.15, 0.2) is 11.5 Å². The molecule has 26 heavy (non-hydrogen) atoms. The summed E-state index contributed by atoms with van der Waals surface area (Å²) in [7, 11) is 3.66. The number of benzene rings is 2. The molecule has 0 saturated carbocycles. The number of aliphatic hydroxyl groups is 1. The molecule has 138 valence electrons. The van der Waals surface area contributed by atoms with E-state index in [1.165, 1.54) is 12.1 Å². The van der Waals surface area contributed by atoms with Gasteiger partial charge in [0.25, 0.3) is 0 Å². The van der Waals surface area contributed by atoms with Crippen molar-refractivity contribution >= 4 is 0 Å². The lowest BCUT2D eigenvalue weighted by atomic mass is 9.87. The second-order valence-corrected chi connectivity index (χ2v) is 6.77. The molecule has 0 unspecified atom stereocenters. The van der Waals surface area contributed by atoms with E-state index in [1.54, 1.807) is 19.2 Å². The fourth-order valence-electron chi connectivity index (χ4n) is 3.86. The molecule has 0 amide bonds. The highest BCUT2D eigenvalue weighted by Crippen LogP contribution is 2.50. The minimum atomic E-state index is -0.705. The monoisotopic (exact) mass is 359 g/mol. The molecular formula is C20H22FNO4. The number of aliphatic hydroxyl groups excluding tert-OH is 1. The normalized spacial score (nSPS) is 19.9. The van der Waals surface area contributed by atoms with Crippen molar-refractivity contribution in [2.75, 3.05) is 27.5 Å². The zero-order valence-corrected chi connectivity index (χ0v) is 14.9. The van der Waals surface area contributed by atoms with Crippen LogP contribution in [-0.4, -0.2) is 37.5 Å². The number of ether oxygens (including phenoxy) is 3. The van der Waals surface area contributed by atoms with Gasteiger partial charge in [0.2, 0.25) is 12.5 Å². The average Bonchev–Trinajstić information content (AvgIpc) is 3.11. The van der Waals surface area contributed by atoms with Crippen LogP contribution in [-0.2, 0) is 6.42 Å². The fraction of sp³-hybridized carbons (Fsp3) is 0.400. The van der Waals surface area contributed by atoms with Gasteiger partial charge in [-0.25, -0.2) is 4.39 Å². The summed E-state index contributed by atoms with van der Waals surface area (Å²) in [6, 6.07) is 7.97. The Bertz CT molecular complexity index is 808. The van der Waals surface area contributed by atoms with Crippen LogP contribution in [0.15, 0.2) is 30.3 Å². The average molecular weight is 359 g/mol. The Balaban J connectivity index is 1.70. The maximum atomic E-state index is 13.2. The molecule has 0 fully saturated rings. The largest absolute Gasteiger partial charge is 0.492 e. The van der Waals surface area contributed by atoms with Gasteiger partial charge in [0, 0.05) is 18.2 Å². The lowest BCUT2D eigenvalue weighted by Crippen LogP contribution is -2.33. The highest BCUT2D eigenvalue weighted by molar-refractivity contribution is 5.61. The van der Waals surface area contributed by atoms with Crippen LogP contribution in [0.25, 0.3) is 0 Å². The van der Waals surface area contributed by atoms with E-state index in [4.69, 9.17) is 14.2 Å². The Hall–Kier alpha value is -2.31. The summed E-state index contributed by atoms with van der Waals surface area (Å²) >= 11 is 0. The van der Waals surface area contributed by atoms with Crippen LogP contribution < -0.4 is 14.2 Å². The number of likely N-dealkylation sites (N-methyl/N-ethyl adjacent to an activating group) is 1. The smallest absolute Gasteiger partial charge is 0.231 e. The summed E-state index contributed by atoms with van der Waals surface area (Å²) < 4.78 is 30.0. The van der Waals surface area contributed by atoms with Crippen molar-refractivity contribution in [2.24, 2.45) is 0 Å². The number of halogens is 1. The van der Waals surface area contributed by atoms with Crippen molar-refractivity contribution in [3.63, 3.8) is 0 Å². The van der Waals surface area contributed by atoms with Gasteiger partial charge in [0.05, 0.1) is 13.2 Å². The Morgan fingerprint density at radius 3 is 2.81 bits per heavy atom. The summed E-state index contributed by atoms with van der Waals surface area (Å²) in [4.78, 5) is 2.21. The molecule has 2 aliphatic rings. The third-order valence-corrected chi connectivity index (χ3v) is 5.25. The summed E-state index contributed by atoms with van der Waals surface area (Å²) in [6.45, 7) is 1.06. The standard InChI is InChI=1S/C20H22FNO4/c1-22-8-7-13-9-17-19(26-11-25-17)20(24-2)18(13)15(22)10-16(23)12-3-5-14(21)6-4-12/h3-6,9,15-16,23H,7-8,10-11H2,1-2H3/t15-,16+/m1/s1. The first-order chi connectivity index (χ1) is 12.6. The molecule has 2 atom stereocenters. The number of methoxy groups -OCH3 is 1. The molecule has 1 N–H and O–H groups in total. The van der Waals surface area contributed by atoms with Crippen molar-refractivity contribution in [3.8, 4) is 17.2 Å². The first-order valence-corrected chi connectivity index (χ1v) is 8.71. The summed E-state index contributed by atoms with van der Waals surface area (Å²) in [5, 5.41) is 10.7. The second kappa shape index (κ2) is 6.78. The predicted molar refractivity (Wildman–Crippen MR) is 94.2 cm³/mol. The van der Waals surface area contributed by atoms with Crippen molar-refractivity contribution in [2.45, 2.75) is 25.0 Å². The first kappa shape index (κ1) is 17.1.